The average molecular weight is 238 g/mol. The summed E-state index contributed by atoms with van der Waals surface area (Å²) in [5.41, 5.74) is 0.756. The first-order chi connectivity index (χ1) is 8.06. The highest BCUT2D eigenvalue weighted by molar-refractivity contribution is 5.88. The second kappa shape index (κ2) is 4.75. The van der Waals surface area contributed by atoms with Crippen LogP contribution in [-0.2, 0) is 0 Å². The summed E-state index contributed by atoms with van der Waals surface area (Å²) in [4.78, 5) is 16.0. The second-order valence-electron chi connectivity index (χ2n) is 4.57. The smallest absolute Gasteiger partial charge is 0.324 e. The Morgan fingerprint density at radius 2 is 2.35 bits per heavy atom. The van der Waals surface area contributed by atoms with Crippen LogP contribution in [0.15, 0.2) is 10.6 Å². The number of piperazine rings is 1. The van der Waals surface area contributed by atoms with Crippen molar-refractivity contribution in [2.24, 2.45) is 0 Å². The van der Waals surface area contributed by atoms with Crippen LogP contribution < -0.4 is 5.32 Å². The molecule has 6 heteroatoms. The number of carbonyl (C=O) groups is 1. The standard InChI is InChI=1S/C11H18N4O2/c1-8-6-10(17-13-8)12-11(16)15-5-4-14(3)7-9(15)2/h6,9H,4-5,7H2,1-3H3,(H,12,16)/t9-/m1/s1. The lowest BCUT2D eigenvalue weighted by Crippen LogP contribution is -2.53. The van der Waals surface area contributed by atoms with E-state index in [2.05, 4.69) is 22.4 Å². The molecule has 1 aromatic heterocycles. The number of rotatable bonds is 1. The van der Waals surface area contributed by atoms with Gasteiger partial charge in [0.2, 0.25) is 5.88 Å². The maximum atomic E-state index is 12.0. The third-order valence-corrected chi connectivity index (χ3v) is 2.95. The molecule has 1 aliphatic rings. The zero-order chi connectivity index (χ0) is 12.4. The molecule has 2 amide bonds. The molecule has 0 radical (unpaired) electrons. The minimum atomic E-state index is -0.123. The molecule has 2 rings (SSSR count). The van der Waals surface area contributed by atoms with Gasteiger partial charge in [0.25, 0.3) is 0 Å². The molecule has 1 atom stereocenters. The highest BCUT2D eigenvalue weighted by Crippen LogP contribution is 2.13. The fraction of sp³-hybridized carbons (Fsp3) is 0.636. The Labute approximate surface area is 101 Å². The molecule has 0 aliphatic carbocycles. The van der Waals surface area contributed by atoms with Gasteiger partial charge in [-0.3, -0.25) is 5.32 Å². The normalized spacial score (nSPS) is 21.6. The number of urea groups is 1. The molecule has 0 aromatic carbocycles. The maximum absolute atomic E-state index is 12.0. The summed E-state index contributed by atoms with van der Waals surface area (Å²) in [6.07, 6.45) is 0. The second-order valence-corrected chi connectivity index (χ2v) is 4.57. The summed E-state index contributed by atoms with van der Waals surface area (Å²) in [7, 11) is 2.06. The van der Waals surface area contributed by atoms with E-state index < -0.39 is 0 Å². The Kier molecular flexibility index (Phi) is 3.33. The van der Waals surface area contributed by atoms with E-state index in [-0.39, 0.29) is 12.1 Å². The number of aromatic nitrogens is 1. The quantitative estimate of drug-likeness (QED) is 0.797. The average Bonchev–Trinajstić information content (AvgIpc) is 2.63. The Balaban J connectivity index is 1.96. The van der Waals surface area contributed by atoms with Gasteiger partial charge < -0.3 is 14.3 Å². The van der Waals surface area contributed by atoms with Gasteiger partial charge in [-0.15, -0.1) is 0 Å². The van der Waals surface area contributed by atoms with Crippen molar-refractivity contribution in [1.82, 2.24) is 15.0 Å². The molecule has 94 valence electrons. The van der Waals surface area contributed by atoms with Crippen molar-refractivity contribution in [2.75, 3.05) is 32.0 Å². The van der Waals surface area contributed by atoms with Gasteiger partial charge in [-0.2, -0.15) is 0 Å². The van der Waals surface area contributed by atoms with Crippen LogP contribution in [-0.4, -0.2) is 53.7 Å². The van der Waals surface area contributed by atoms with Crippen LogP contribution in [0.2, 0.25) is 0 Å². The van der Waals surface area contributed by atoms with Gasteiger partial charge in [-0.05, 0) is 20.9 Å². The molecule has 0 unspecified atom stereocenters. The molecule has 0 saturated carbocycles. The van der Waals surface area contributed by atoms with Gasteiger partial charge in [0.15, 0.2) is 0 Å². The number of amides is 2. The van der Waals surface area contributed by atoms with Gasteiger partial charge in [-0.1, -0.05) is 5.16 Å². The highest BCUT2D eigenvalue weighted by atomic mass is 16.5. The van der Waals surface area contributed by atoms with Crippen molar-refractivity contribution in [3.8, 4) is 0 Å². The van der Waals surface area contributed by atoms with Crippen LogP contribution in [0.3, 0.4) is 0 Å². The summed E-state index contributed by atoms with van der Waals surface area (Å²) >= 11 is 0. The van der Waals surface area contributed by atoms with Gasteiger partial charge >= 0.3 is 6.03 Å². The first-order valence-electron chi connectivity index (χ1n) is 5.76. The fourth-order valence-electron chi connectivity index (χ4n) is 2.04. The van der Waals surface area contributed by atoms with Crippen molar-refractivity contribution >= 4 is 11.9 Å². The monoisotopic (exact) mass is 238 g/mol. The number of anilines is 1. The molecule has 1 N–H and O–H groups in total. The maximum Gasteiger partial charge on any atom is 0.324 e. The van der Waals surface area contributed by atoms with Crippen molar-refractivity contribution < 1.29 is 9.32 Å². The summed E-state index contributed by atoms with van der Waals surface area (Å²) in [5, 5.41) is 6.45. The predicted molar refractivity (Wildman–Crippen MR) is 63.9 cm³/mol. The predicted octanol–water partition coefficient (Wildman–Crippen LogP) is 1.15. The number of hydrogen-bond donors (Lipinski definition) is 1. The minimum absolute atomic E-state index is 0.123. The molecule has 0 spiro atoms. The molecule has 6 nitrogen and oxygen atoms in total. The van der Waals surface area contributed by atoms with Crippen molar-refractivity contribution in [1.29, 1.82) is 0 Å². The molecule has 1 saturated heterocycles. The molecular formula is C11H18N4O2. The number of nitrogens with zero attached hydrogens (tertiary/aromatic N) is 3. The Morgan fingerprint density at radius 1 is 1.59 bits per heavy atom. The van der Waals surface area contributed by atoms with Crippen molar-refractivity contribution in [2.45, 2.75) is 19.9 Å². The summed E-state index contributed by atoms with van der Waals surface area (Å²) in [6.45, 7) is 6.38. The first-order valence-corrected chi connectivity index (χ1v) is 5.76. The first kappa shape index (κ1) is 11.9. The summed E-state index contributed by atoms with van der Waals surface area (Å²) < 4.78 is 4.96. The van der Waals surface area contributed by atoms with Crippen LogP contribution in [0.25, 0.3) is 0 Å². The van der Waals surface area contributed by atoms with Crippen molar-refractivity contribution in [3.05, 3.63) is 11.8 Å². The van der Waals surface area contributed by atoms with E-state index in [4.69, 9.17) is 4.52 Å². The number of nitrogens with one attached hydrogen (secondary N) is 1. The van der Waals surface area contributed by atoms with Crippen LogP contribution in [0.5, 0.6) is 0 Å². The highest BCUT2D eigenvalue weighted by Gasteiger charge is 2.26. The van der Waals surface area contributed by atoms with Crippen molar-refractivity contribution in [3.63, 3.8) is 0 Å². The zero-order valence-electron chi connectivity index (χ0n) is 10.4. The lowest BCUT2D eigenvalue weighted by Gasteiger charge is -2.37. The number of hydrogen-bond acceptors (Lipinski definition) is 4. The van der Waals surface area contributed by atoms with Gasteiger partial charge in [0.05, 0.1) is 5.69 Å². The third kappa shape index (κ3) is 2.76. The van der Waals surface area contributed by atoms with Crippen LogP contribution in [0, 0.1) is 6.92 Å². The van der Waals surface area contributed by atoms with Gasteiger partial charge in [0, 0.05) is 31.7 Å². The molecule has 1 aliphatic heterocycles. The minimum Gasteiger partial charge on any atom is -0.338 e. The fourth-order valence-corrected chi connectivity index (χ4v) is 2.04. The lowest BCUT2D eigenvalue weighted by atomic mass is 10.2. The number of likely N-dealkylation sites (N-methyl/N-ethyl adjacent to an activating group) is 1. The molecule has 2 heterocycles. The van der Waals surface area contributed by atoms with Crippen LogP contribution >= 0.6 is 0 Å². The van der Waals surface area contributed by atoms with Crippen LogP contribution in [0.1, 0.15) is 12.6 Å². The molecule has 0 bridgehead atoms. The SMILES string of the molecule is Cc1cc(NC(=O)N2CCN(C)C[C@H]2C)on1. The molecule has 1 fully saturated rings. The van der Waals surface area contributed by atoms with E-state index in [0.717, 1.165) is 25.3 Å². The largest absolute Gasteiger partial charge is 0.338 e. The van der Waals surface area contributed by atoms with Gasteiger partial charge in [-0.25, -0.2) is 4.79 Å². The van der Waals surface area contributed by atoms with E-state index in [0.29, 0.717) is 5.88 Å². The number of aryl methyl sites for hydroxylation is 1. The Hall–Kier alpha value is -1.56. The van der Waals surface area contributed by atoms with E-state index in [1.807, 2.05) is 18.7 Å². The van der Waals surface area contributed by atoms with Gasteiger partial charge in [0.1, 0.15) is 0 Å². The van der Waals surface area contributed by atoms with E-state index >= 15 is 0 Å². The molecule has 1 aromatic rings. The Bertz CT molecular complexity index is 404. The third-order valence-electron chi connectivity index (χ3n) is 2.95. The lowest BCUT2D eigenvalue weighted by molar-refractivity contribution is 0.124. The molecular weight excluding hydrogens is 220 g/mol. The van der Waals surface area contributed by atoms with Crippen LogP contribution in [0.4, 0.5) is 10.7 Å². The summed E-state index contributed by atoms with van der Waals surface area (Å²) in [5.74, 6) is 0.402. The Morgan fingerprint density at radius 3 is 2.94 bits per heavy atom. The van der Waals surface area contributed by atoms with E-state index in [1.54, 1.807) is 6.07 Å². The van der Waals surface area contributed by atoms with E-state index in [9.17, 15) is 4.79 Å². The zero-order valence-corrected chi connectivity index (χ0v) is 10.4. The number of carbonyl (C=O) groups excluding carboxylic acids is 1. The molecule has 17 heavy (non-hydrogen) atoms. The summed E-state index contributed by atoms with van der Waals surface area (Å²) in [6, 6.07) is 1.79. The van der Waals surface area contributed by atoms with E-state index in [1.165, 1.54) is 0 Å². The topological polar surface area (TPSA) is 61.6 Å².